The number of carbonyl (C=O) groups is 2. The molecule has 180 valence electrons. The van der Waals surface area contributed by atoms with Crippen molar-refractivity contribution < 1.29 is 9.59 Å². The molecule has 2 aromatic rings. The van der Waals surface area contributed by atoms with E-state index in [1.54, 1.807) is 12.1 Å². The number of halogens is 2. The fourth-order valence-electron chi connectivity index (χ4n) is 5.50. The molecule has 3 aliphatic heterocycles. The van der Waals surface area contributed by atoms with Gasteiger partial charge in [0.05, 0.1) is 5.41 Å². The molecule has 0 aromatic heterocycles. The van der Waals surface area contributed by atoms with E-state index in [1.807, 2.05) is 37.3 Å². The summed E-state index contributed by atoms with van der Waals surface area (Å²) in [6.45, 7) is 5.16. The molecule has 3 saturated heterocycles. The van der Waals surface area contributed by atoms with E-state index in [0.29, 0.717) is 35.2 Å². The summed E-state index contributed by atoms with van der Waals surface area (Å²) in [6.07, 6.45) is 4.11. The van der Waals surface area contributed by atoms with Crippen LogP contribution < -0.4 is 10.6 Å². The van der Waals surface area contributed by atoms with Crippen LogP contribution in [-0.4, -0.2) is 48.4 Å². The van der Waals surface area contributed by atoms with Crippen molar-refractivity contribution in [2.24, 2.45) is 5.92 Å². The van der Waals surface area contributed by atoms with Gasteiger partial charge in [0.2, 0.25) is 11.8 Å². The van der Waals surface area contributed by atoms with Gasteiger partial charge < -0.3 is 15.5 Å². The molecule has 2 atom stereocenters. The maximum absolute atomic E-state index is 13.6. The molecule has 2 bridgehead atoms. The van der Waals surface area contributed by atoms with Crippen LogP contribution in [0.5, 0.6) is 0 Å². The SMILES string of the molecule is Cc1ccc(CC(NC(=O)C2(c3ccc(Cl)cc3Cl)CC2)C(=O)NC2CN3CCC2CC3)cc1. The predicted molar refractivity (Wildman–Crippen MR) is 135 cm³/mol. The minimum Gasteiger partial charge on any atom is -0.350 e. The summed E-state index contributed by atoms with van der Waals surface area (Å²) in [5.74, 6) is 0.274. The molecule has 1 saturated carbocycles. The first-order valence-electron chi connectivity index (χ1n) is 12.2. The van der Waals surface area contributed by atoms with Gasteiger partial charge in [-0.3, -0.25) is 9.59 Å². The van der Waals surface area contributed by atoms with Gasteiger partial charge in [-0.25, -0.2) is 0 Å². The molecule has 3 heterocycles. The summed E-state index contributed by atoms with van der Waals surface area (Å²) in [6, 6.07) is 12.9. The fourth-order valence-corrected chi connectivity index (χ4v) is 6.09. The number of nitrogens with zero attached hydrogens (tertiary/aromatic N) is 1. The molecule has 2 aromatic carbocycles. The largest absolute Gasteiger partial charge is 0.350 e. The van der Waals surface area contributed by atoms with Crippen LogP contribution in [0.15, 0.2) is 42.5 Å². The third-order valence-electron chi connectivity index (χ3n) is 7.80. The molecule has 0 spiro atoms. The van der Waals surface area contributed by atoms with Gasteiger partial charge in [0.1, 0.15) is 6.04 Å². The van der Waals surface area contributed by atoms with Crippen LogP contribution in [0.4, 0.5) is 0 Å². The summed E-state index contributed by atoms with van der Waals surface area (Å²) in [7, 11) is 0. The van der Waals surface area contributed by atoms with Crippen molar-refractivity contribution in [3.8, 4) is 0 Å². The second-order valence-corrected chi connectivity index (χ2v) is 11.0. The molecule has 2 unspecified atom stereocenters. The number of hydrogen-bond donors (Lipinski definition) is 2. The van der Waals surface area contributed by atoms with E-state index in [-0.39, 0.29) is 17.9 Å². The Bertz CT molecular complexity index is 1080. The second kappa shape index (κ2) is 9.52. The molecule has 6 rings (SSSR count). The number of benzene rings is 2. The van der Waals surface area contributed by atoms with Crippen molar-refractivity contribution in [2.45, 2.75) is 56.5 Å². The summed E-state index contributed by atoms with van der Waals surface area (Å²) < 4.78 is 0. The van der Waals surface area contributed by atoms with Gasteiger partial charge in [0.15, 0.2) is 0 Å². The maximum atomic E-state index is 13.6. The molecular formula is C27H31Cl2N3O2. The Morgan fingerprint density at radius 3 is 2.38 bits per heavy atom. The lowest BCUT2D eigenvalue weighted by atomic mass is 9.84. The summed E-state index contributed by atoms with van der Waals surface area (Å²) in [5.41, 5.74) is 2.27. The molecule has 4 aliphatic rings. The van der Waals surface area contributed by atoms with Crippen molar-refractivity contribution in [1.82, 2.24) is 15.5 Å². The van der Waals surface area contributed by atoms with Gasteiger partial charge >= 0.3 is 0 Å². The highest BCUT2D eigenvalue weighted by molar-refractivity contribution is 6.35. The Morgan fingerprint density at radius 1 is 1.09 bits per heavy atom. The van der Waals surface area contributed by atoms with Gasteiger partial charge in [-0.2, -0.15) is 0 Å². The van der Waals surface area contributed by atoms with Crippen LogP contribution in [0.1, 0.15) is 42.4 Å². The van der Waals surface area contributed by atoms with Gasteiger partial charge in [0.25, 0.3) is 0 Å². The lowest BCUT2D eigenvalue weighted by Crippen LogP contribution is -2.60. The number of hydrogen-bond acceptors (Lipinski definition) is 3. The minimum atomic E-state index is -0.691. The van der Waals surface area contributed by atoms with Crippen LogP contribution in [0, 0.1) is 12.8 Å². The van der Waals surface area contributed by atoms with Crippen molar-refractivity contribution in [2.75, 3.05) is 19.6 Å². The van der Waals surface area contributed by atoms with E-state index in [9.17, 15) is 9.59 Å². The number of rotatable bonds is 7. The first kappa shape index (κ1) is 23.7. The third kappa shape index (κ3) is 4.84. The average molecular weight is 500 g/mol. The van der Waals surface area contributed by atoms with Crippen LogP contribution in [-0.2, 0) is 21.4 Å². The number of aryl methyl sites for hydroxylation is 1. The Morgan fingerprint density at radius 2 is 1.79 bits per heavy atom. The van der Waals surface area contributed by atoms with E-state index >= 15 is 0 Å². The van der Waals surface area contributed by atoms with Crippen LogP contribution in [0.25, 0.3) is 0 Å². The molecule has 4 fully saturated rings. The molecule has 0 radical (unpaired) electrons. The van der Waals surface area contributed by atoms with Gasteiger partial charge in [-0.15, -0.1) is 0 Å². The number of nitrogens with one attached hydrogen (secondary N) is 2. The summed E-state index contributed by atoms with van der Waals surface area (Å²) in [4.78, 5) is 29.5. The highest BCUT2D eigenvalue weighted by Gasteiger charge is 2.53. The molecule has 7 heteroatoms. The van der Waals surface area contributed by atoms with Crippen LogP contribution >= 0.6 is 23.2 Å². The predicted octanol–water partition coefficient (Wildman–Crippen LogP) is 4.27. The summed E-state index contributed by atoms with van der Waals surface area (Å²) in [5, 5.41) is 7.41. The van der Waals surface area contributed by atoms with E-state index < -0.39 is 11.5 Å². The standard InChI is InChI=1S/C27H31Cl2N3O2/c1-17-2-4-18(5-3-17)14-23(25(33)30-24-16-32-12-8-19(24)9-13-32)31-26(34)27(10-11-27)21-7-6-20(28)15-22(21)29/h2-7,15,19,23-24H,8-14,16H2,1H3,(H,30,33)(H,31,34). The first-order valence-corrected chi connectivity index (χ1v) is 12.9. The smallest absolute Gasteiger partial charge is 0.243 e. The van der Waals surface area contributed by atoms with E-state index in [0.717, 1.165) is 49.2 Å². The van der Waals surface area contributed by atoms with Crippen LogP contribution in [0.2, 0.25) is 10.0 Å². The zero-order valence-electron chi connectivity index (χ0n) is 19.4. The van der Waals surface area contributed by atoms with E-state index in [1.165, 1.54) is 0 Å². The fraction of sp³-hybridized carbons (Fsp3) is 0.481. The van der Waals surface area contributed by atoms with Gasteiger partial charge in [-0.1, -0.05) is 59.1 Å². The van der Waals surface area contributed by atoms with E-state index in [4.69, 9.17) is 23.2 Å². The minimum absolute atomic E-state index is 0.106. The van der Waals surface area contributed by atoms with Crippen LogP contribution in [0.3, 0.4) is 0 Å². The molecule has 2 N–H and O–H groups in total. The van der Waals surface area contributed by atoms with Crippen molar-refractivity contribution >= 4 is 35.0 Å². The Kier molecular flexibility index (Phi) is 6.62. The number of piperidine rings is 3. The molecule has 1 aliphatic carbocycles. The van der Waals surface area contributed by atoms with Gasteiger partial charge in [-0.05, 0) is 74.9 Å². The Labute approximate surface area is 211 Å². The average Bonchev–Trinajstić information content (AvgIpc) is 3.62. The molecule has 5 nitrogen and oxygen atoms in total. The zero-order valence-corrected chi connectivity index (χ0v) is 21.0. The molecule has 2 amide bonds. The van der Waals surface area contributed by atoms with E-state index in [2.05, 4.69) is 15.5 Å². The first-order chi connectivity index (χ1) is 16.3. The topological polar surface area (TPSA) is 61.4 Å². The monoisotopic (exact) mass is 499 g/mol. The van der Waals surface area contributed by atoms with Gasteiger partial charge in [0, 0.05) is 29.1 Å². The quantitative estimate of drug-likeness (QED) is 0.597. The van der Waals surface area contributed by atoms with Crippen molar-refractivity contribution in [3.63, 3.8) is 0 Å². The number of amides is 2. The molecule has 34 heavy (non-hydrogen) atoms. The Hall–Kier alpha value is -2.08. The third-order valence-corrected chi connectivity index (χ3v) is 8.35. The lowest BCUT2D eigenvalue weighted by molar-refractivity contribution is -0.131. The normalized spacial score (nSPS) is 25.4. The second-order valence-electron chi connectivity index (χ2n) is 10.2. The zero-order chi connectivity index (χ0) is 23.9. The van der Waals surface area contributed by atoms with Crippen molar-refractivity contribution in [3.05, 3.63) is 69.2 Å². The highest BCUT2D eigenvalue weighted by atomic mass is 35.5. The molecular weight excluding hydrogens is 469 g/mol. The Balaban J connectivity index is 1.35. The highest BCUT2D eigenvalue weighted by Crippen LogP contribution is 2.51. The number of fused-ring (bicyclic) bond motifs is 3. The summed E-state index contributed by atoms with van der Waals surface area (Å²) >= 11 is 12.5. The van der Waals surface area contributed by atoms with Crippen molar-refractivity contribution in [1.29, 1.82) is 0 Å². The maximum Gasteiger partial charge on any atom is 0.243 e. The number of carbonyl (C=O) groups excluding carboxylic acids is 2. The lowest BCUT2D eigenvalue weighted by Gasteiger charge is -2.45.